The first-order valence-corrected chi connectivity index (χ1v) is 7.52. The van der Waals surface area contributed by atoms with Crippen molar-refractivity contribution in [3.8, 4) is 0 Å². The van der Waals surface area contributed by atoms with Crippen LogP contribution in [0.3, 0.4) is 0 Å². The Morgan fingerprint density at radius 1 is 1.24 bits per heavy atom. The van der Waals surface area contributed by atoms with Crippen molar-refractivity contribution in [3.63, 3.8) is 0 Å². The summed E-state index contributed by atoms with van der Waals surface area (Å²) in [7, 11) is -1.51. The zero-order valence-corrected chi connectivity index (χ0v) is 12.2. The molecule has 0 aliphatic rings. The fraction of sp³-hybridized carbons (Fsp3) is 0.133. The lowest BCUT2D eigenvalue weighted by atomic mass is 10.2. The molecule has 21 heavy (non-hydrogen) atoms. The summed E-state index contributed by atoms with van der Waals surface area (Å²) in [5.41, 5.74) is 5.87. The molecule has 0 spiro atoms. The average Bonchev–Trinajstić information content (AvgIpc) is 2.50. The highest BCUT2D eigenvalue weighted by Crippen LogP contribution is 2.19. The van der Waals surface area contributed by atoms with Crippen LogP contribution >= 0.6 is 0 Å². The number of carbonyl (C=O) groups excluding carboxylic acids is 1. The second-order valence-corrected chi connectivity index (χ2v) is 6.25. The molecule has 3 N–H and O–H groups in total. The Balaban J connectivity index is 2.13. The van der Waals surface area contributed by atoms with Gasteiger partial charge >= 0.3 is 0 Å². The number of carbonyl (C=O) groups is 1. The molecule has 0 bridgehead atoms. The predicted octanol–water partition coefficient (Wildman–Crippen LogP) is 2.54. The number of halogens is 1. The van der Waals surface area contributed by atoms with E-state index in [2.05, 4.69) is 5.32 Å². The summed E-state index contributed by atoms with van der Waals surface area (Å²) in [5, 5.41) is 1.60. The van der Waals surface area contributed by atoms with Crippen LogP contribution in [-0.4, -0.2) is 15.4 Å². The molecule has 2 rings (SSSR count). The van der Waals surface area contributed by atoms with Gasteiger partial charge in [-0.15, -0.1) is 0 Å². The summed E-state index contributed by atoms with van der Waals surface area (Å²) in [6.07, 6.45) is 0. The first-order valence-electron chi connectivity index (χ1n) is 6.30. The average molecular weight is 306 g/mol. The van der Waals surface area contributed by atoms with Crippen LogP contribution in [-0.2, 0) is 15.6 Å². The van der Waals surface area contributed by atoms with Gasteiger partial charge in [-0.25, -0.2) is 4.39 Å². The first-order chi connectivity index (χ1) is 9.99. The standard InChI is InChI=1S/C15H15FN2O2S/c1-10(21(20)12-5-3-2-4-6-12)15(19)18-14-9-11(17)7-8-13(14)16/h2-10H,17H2,1H3,(H,18,19). The van der Waals surface area contributed by atoms with E-state index < -0.39 is 27.8 Å². The van der Waals surface area contributed by atoms with E-state index in [-0.39, 0.29) is 5.69 Å². The zero-order valence-electron chi connectivity index (χ0n) is 11.4. The number of hydrogen-bond acceptors (Lipinski definition) is 3. The van der Waals surface area contributed by atoms with E-state index in [1.54, 1.807) is 30.3 Å². The largest absolute Gasteiger partial charge is 0.399 e. The van der Waals surface area contributed by atoms with Gasteiger partial charge in [-0.3, -0.25) is 9.00 Å². The summed E-state index contributed by atoms with van der Waals surface area (Å²) < 4.78 is 25.8. The number of benzene rings is 2. The van der Waals surface area contributed by atoms with Crippen LogP contribution in [0, 0.1) is 5.82 Å². The molecule has 2 aromatic carbocycles. The number of rotatable bonds is 4. The van der Waals surface area contributed by atoms with Crippen molar-refractivity contribution in [1.82, 2.24) is 0 Å². The Bertz CT molecular complexity index is 677. The maximum atomic E-state index is 13.6. The van der Waals surface area contributed by atoms with E-state index >= 15 is 0 Å². The number of nitrogens with one attached hydrogen (secondary N) is 1. The fourth-order valence-electron chi connectivity index (χ4n) is 1.73. The molecule has 0 radical (unpaired) electrons. The fourth-order valence-corrected chi connectivity index (χ4v) is 2.82. The van der Waals surface area contributed by atoms with Crippen molar-refractivity contribution in [2.24, 2.45) is 0 Å². The van der Waals surface area contributed by atoms with E-state index in [4.69, 9.17) is 5.73 Å². The molecule has 110 valence electrons. The van der Waals surface area contributed by atoms with E-state index in [0.29, 0.717) is 10.6 Å². The van der Waals surface area contributed by atoms with E-state index in [9.17, 15) is 13.4 Å². The van der Waals surface area contributed by atoms with Gasteiger partial charge in [-0.05, 0) is 37.3 Å². The molecule has 2 atom stereocenters. The van der Waals surface area contributed by atoms with Crippen LogP contribution in [0.25, 0.3) is 0 Å². The van der Waals surface area contributed by atoms with Crippen molar-refractivity contribution in [2.75, 3.05) is 11.1 Å². The minimum Gasteiger partial charge on any atom is -0.399 e. The first kappa shape index (κ1) is 15.2. The molecule has 0 heterocycles. The molecule has 0 saturated heterocycles. The van der Waals surface area contributed by atoms with E-state index in [0.717, 1.165) is 0 Å². The molecule has 4 nitrogen and oxygen atoms in total. The number of nitrogens with two attached hydrogens (primary N) is 1. The van der Waals surface area contributed by atoms with Gasteiger partial charge in [0.1, 0.15) is 11.1 Å². The van der Waals surface area contributed by atoms with Crippen LogP contribution < -0.4 is 11.1 Å². The van der Waals surface area contributed by atoms with Crippen molar-refractivity contribution < 1.29 is 13.4 Å². The highest BCUT2D eigenvalue weighted by Gasteiger charge is 2.22. The Morgan fingerprint density at radius 3 is 2.57 bits per heavy atom. The molecular weight excluding hydrogens is 291 g/mol. The molecule has 0 aliphatic heterocycles. The third kappa shape index (κ3) is 3.66. The highest BCUT2D eigenvalue weighted by atomic mass is 32.2. The molecule has 1 amide bonds. The molecule has 2 unspecified atom stereocenters. The third-order valence-electron chi connectivity index (χ3n) is 2.91. The summed E-state index contributed by atoms with van der Waals surface area (Å²) in [4.78, 5) is 12.6. The van der Waals surface area contributed by atoms with Crippen molar-refractivity contribution >= 4 is 28.1 Å². The van der Waals surface area contributed by atoms with Crippen LogP contribution in [0.15, 0.2) is 53.4 Å². The minimum absolute atomic E-state index is 0.0167. The SMILES string of the molecule is CC(C(=O)Nc1cc(N)ccc1F)S(=O)c1ccccc1. The molecule has 0 fully saturated rings. The van der Waals surface area contributed by atoms with Gasteiger partial charge in [0.2, 0.25) is 5.91 Å². The lowest BCUT2D eigenvalue weighted by Crippen LogP contribution is -2.29. The molecule has 0 saturated carbocycles. The Morgan fingerprint density at radius 2 is 1.90 bits per heavy atom. The third-order valence-corrected chi connectivity index (χ3v) is 4.51. The monoisotopic (exact) mass is 306 g/mol. The van der Waals surface area contributed by atoms with Gasteiger partial charge in [0, 0.05) is 10.6 Å². The zero-order chi connectivity index (χ0) is 15.4. The van der Waals surface area contributed by atoms with Gasteiger partial charge in [0.15, 0.2) is 0 Å². The second kappa shape index (κ2) is 6.49. The van der Waals surface area contributed by atoms with Crippen LogP contribution in [0.2, 0.25) is 0 Å². The van der Waals surface area contributed by atoms with Crippen LogP contribution in [0.1, 0.15) is 6.92 Å². The van der Waals surface area contributed by atoms with Crippen LogP contribution in [0.4, 0.5) is 15.8 Å². The lowest BCUT2D eigenvalue weighted by molar-refractivity contribution is -0.115. The van der Waals surface area contributed by atoms with Crippen LogP contribution in [0.5, 0.6) is 0 Å². The summed E-state index contributed by atoms with van der Waals surface area (Å²) in [6, 6.07) is 12.5. The maximum absolute atomic E-state index is 13.6. The minimum atomic E-state index is -1.51. The van der Waals surface area contributed by atoms with E-state index in [1.807, 2.05) is 0 Å². The van der Waals surface area contributed by atoms with Gasteiger partial charge in [-0.2, -0.15) is 0 Å². The molecule has 6 heteroatoms. The molecule has 2 aromatic rings. The Labute approximate surface area is 124 Å². The molecule has 0 aromatic heterocycles. The van der Waals surface area contributed by atoms with Crippen molar-refractivity contribution in [1.29, 1.82) is 0 Å². The Kier molecular flexibility index (Phi) is 4.70. The maximum Gasteiger partial charge on any atom is 0.240 e. The predicted molar refractivity (Wildman–Crippen MR) is 81.8 cm³/mol. The van der Waals surface area contributed by atoms with Gasteiger partial charge in [0.25, 0.3) is 0 Å². The topological polar surface area (TPSA) is 72.2 Å². The van der Waals surface area contributed by atoms with Gasteiger partial charge in [-0.1, -0.05) is 18.2 Å². The quantitative estimate of drug-likeness (QED) is 0.853. The smallest absolute Gasteiger partial charge is 0.240 e. The Hall–Kier alpha value is -2.21. The van der Waals surface area contributed by atoms with Gasteiger partial charge < -0.3 is 11.1 Å². The number of nitrogen functional groups attached to an aromatic ring is 1. The molecular formula is C15H15FN2O2S. The number of amides is 1. The second-order valence-electron chi connectivity index (χ2n) is 4.48. The number of hydrogen-bond donors (Lipinski definition) is 2. The number of anilines is 2. The highest BCUT2D eigenvalue weighted by molar-refractivity contribution is 7.86. The normalized spacial score (nSPS) is 13.4. The lowest BCUT2D eigenvalue weighted by Gasteiger charge is -2.13. The van der Waals surface area contributed by atoms with Crippen molar-refractivity contribution in [2.45, 2.75) is 17.1 Å². The van der Waals surface area contributed by atoms with Gasteiger partial charge in [0.05, 0.1) is 16.5 Å². The van der Waals surface area contributed by atoms with E-state index in [1.165, 1.54) is 25.1 Å². The summed E-state index contributed by atoms with van der Waals surface area (Å²) in [6.45, 7) is 1.53. The van der Waals surface area contributed by atoms with Crippen molar-refractivity contribution in [3.05, 3.63) is 54.3 Å². The summed E-state index contributed by atoms with van der Waals surface area (Å²) >= 11 is 0. The summed E-state index contributed by atoms with van der Waals surface area (Å²) in [5.74, 6) is -1.11. The molecule has 0 aliphatic carbocycles.